The molecule has 1 aromatic rings. The second-order valence-electron chi connectivity index (χ2n) is 2.76. The summed E-state index contributed by atoms with van der Waals surface area (Å²) in [6.45, 7) is 0. The molecular formula is C8H6Br2O4S. The monoisotopic (exact) mass is 356 g/mol. The van der Waals surface area contributed by atoms with Crippen molar-refractivity contribution in [2.75, 3.05) is 5.75 Å². The van der Waals surface area contributed by atoms with Crippen LogP contribution in [0.25, 0.3) is 0 Å². The number of aliphatic carboxylic acids is 1. The molecule has 82 valence electrons. The Bertz CT molecular complexity index is 475. The van der Waals surface area contributed by atoms with Crippen LogP contribution in [0.3, 0.4) is 0 Å². The number of rotatable bonds is 3. The zero-order valence-electron chi connectivity index (χ0n) is 7.28. The Labute approximate surface area is 103 Å². The Kier molecular flexibility index (Phi) is 3.91. The third-order valence-electron chi connectivity index (χ3n) is 1.51. The molecule has 1 N–H and O–H groups in total. The van der Waals surface area contributed by atoms with Crippen molar-refractivity contribution >= 4 is 47.7 Å². The number of benzene rings is 1. The van der Waals surface area contributed by atoms with Gasteiger partial charge in [-0.1, -0.05) is 31.9 Å². The molecule has 1 aromatic carbocycles. The first-order chi connectivity index (χ1) is 6.81. The van der Waals surface area contributed by atoms with Crippen LogP contribution in [-0.2, 0) is 14.6 Å². The molecular weight excluding hydrogens is 352 g/mol. The molecule has 0 heterocycles. The lowest BCUT2D eigenvalue weighted by molar-refractivity contribution is -0.134. The molecule has 4 nitrogen and oxygen atoms in total. The predicted molar refractivity (Wildman–Crippen MR) is 61.5 cm³/mol. The second-order valence-corrected chi connectivity index (χ2v) is 6.58. The summed E-state index contributed by atoms with van der Waals surface area (Å²) < 4.78 is 24.2. The van der Waals surface area contributed by atoms with Gasteiger partial charge >= 0.3 is 5.97 Å². The largest absolute Gasteiger partial charge is 0.480 e. The van der Waals surface area contributed by atoms with Crippen molar-refractivity contribution in [2.24, 2.45) is 0 Å². The minimum Gasteiger partial charge on any atom is -0.480 e. The van der Waals surface area contributed by atoms with Gasteiger partial charge in [0.1, 0.15) is 0 Å². The molecule has 0 saturated heterocycles. The zero-order valence-corrected chi connectivity index (χ0v) is 11.3. The molecule has 1 rings (SSSR count). The van der Waals surface area contributed by atoms with Crippen molar-refractivity contribution in [1.82, 2.24) is 0 Å². The zero-order chi connectivity index (χ0) is 11.6. The van der Waals surface area contributed by atoms with Gasteiger partial charge in [-0.2, -0.15) is 0 Å². The first-order valence-electron chi connectivity index (χ1n) is 3.72. The Morgan fingerprint density at radius 1 is 1.20 bits per heavy atom. The van der Waals surface area contributed by atoms with Gasteiger partial charge in [-0.3, -0.25) is 4.79 Å². The summed E-state index contributed by atoms with van der Waals surface area (Å²) in [7, 11) is -3.76. The van der Waals surface area contributed by atoms with Gasteiger partial charge in [-0.05, 0) is 18.2 Å². The van der Waals surface area contributed by atoms with E-state index in [1.54, 1.807) is 6.07 Å². The minimum absolute atomic E-state index is 0.0221. The van der Waals surface area contributed by atoms with E-state index < -0.39 is 21.6 Å². The maximum absolute atomic E-state index is 11.5. The van der Waals surface area contributed by atoms with Gasteiger partial charge in [0.15, 0.2) is 15.6 Å². The summed E-state index contributed by atoms with van der Waals surface area (Å²) in [5, 5.41) is 8.45. The van der Waals surface area contributed by atoms with E-state index >= 15 is 0 Å². The van der Waals surface area contributed by atoms with E-state index in [2.05, 4.69) is 31.9 Å². The van der Waals surface area contributed by atoms with E-state index in [4.69, 9.17) is 5.11 Å². The summed E-state index contributed by atoms with van der Waals surface area (Å²) in [4.78, 5) is 10.3. The van der Waals surface area contributed by atoms with E-state index in [9.17, 15) is 13.2 Å². The Hall–Kier alpha value is -0.400. The molecule has 0 radical (unpaired) electrons. The fourth-order valence-electron chi connectivity index (χ4n) is 0.954. The lowest BCUT2D eigenvalue weighted by Gasteiger charge is -2.03. The van der Waals surface area contributed by atoms with Crippen molar-refractivity contribution in [3.05, 3.63) is 27.1 Å². The summed E-state index contributed by atoms with van der Waals surface area (Å²) in [5.41, 5.74) is 0. The number of carbonyl (C=O) groups is 1. The molecule has 15 heavy (non-hydrogen) atoms. The Morgan fingerprint density at radius 3 is 2.07 bits per heavy atom. The third kappa shape index (κ3) is 3.58. The molecule has 0 saturated carbocycles. The van der Waals surface area contributed by atoms with Gasteiger partial charge in [0.05, 0.1) is 4.90 Å². The van der Waals surface area contributed by atoms with Crippen LogP contribution in [0.1, 0.15) is 0 Å². The van der Waals surface area contributed by atoms with Crippen LogP contribution < -0.4 is 0 Å². The molecule has 7 heteroatoms. The van der Waals surface area contributed by atoms with Crippen molar-refractivity contribution in [3.8, 4) is 0 Å². The molecule has 0 amide bonds. The smallest absolute Gasteiger partial charge is 0.319 e. The highest BCUT2D eigenvalue weighted by Gasteiger charge is 2.19. The molecule has 0 aromatic heterocycles. The van der Waals surface area contributed by atoms with Crippen LogP contribution in [0.5, 0.6) is 0 Å². The summed E-state index contributed by atoms with van der Waals surface area (Å²) in [5.74, 6) is -2.28. The van der Waals surface area contributed by atoms with Crippen LogP contribution in [-0.4, -0.2) is 25.2 Å². The highest BCUT2D eigenvalue weighted by molar-refractivity contribution is 9.11. The van der Waals surface area contributed by atoms with Crippen LogP contribution in [0, 0.1) is 0 Å². The lowest BCUT2D eigenvalue weighted by atomic mass is 10.4. The topological polar surface area (TPSA) is 71.4 Å². The van der Waals surface area contributed by atoms with Crippen molar-refractivity contribution in [3.63, 3.8) is 0 Å². The number of carboxylic acids is 1. The van der Waals surface area contributed by atoms with Gasteiger partial charge in [0.25, 0.3) is 0 Å². The molecule has 0 aliphatic carbocycles. The first kappa shape index (κ1) is 12.7. The van der Waals surface area contributed by atoms with E-state index in [1.165, 1.54) is 12.1 Å². The summed E-state index contributed by atoms with van der Waals surface area (Å²) in [6, 6.07) is 4.39. The van der Waals surface area contributed by atoms with E-state index in [0.29, 0.717) is 8.95 Å². The average molecular weight is 358 g/mol. The normalized spacial score (nSPS) is 11.3. The van der Waals surface area contributed by atoms with E-state index in [1.807, 2.05) is 0 Å². The molecule has 0 atom stereocenters. The lowest BCUT2D eigenvalue weighted by Crippen LogP contribution is -2.15. The second kappa shape index (κ2) is 4.63. The Morgan fingerprint density at radius 2 is 1.67 bits per heavy atom. The average Bonchev–Trinajstić information content (AvgIpc) is 1.99. The van der Waals surface area contributed by atoms with Gasteiger partial charge < -0.3 is 5.11 Å². The van der Waals surface area contributed by atoms with Crippen molar-refractivity contribution in [2.45, 2.75) is 4.90 Å². The van der Waals surface area contributed by atoms with Crippen LogP contribution in [0.4, 0.5) is 0 Å². The SMILES string of the molecule is O=C(O)CS(=O)(=O)c1cc(Br)cc(Br)c1. The fourth-order valence-corrected chi connectivity index (χ4v) is 3.66. The highest BCUT2D eigenvalue weighted by Crippen LogP contribution is 2.23. The maximum atomic E-state index is 11.5. The third-order valence-corrected chi connectivity index (χ3v) is 4.01. The summed E-state index contributed by atoms with van der Waals surface area (Å²) in [6.07, 6.45) is 0. The molecule has 0 spiro atoms. The van der Waals surface area contributed by atoms with Gasteiger partial charge in [0.2, 0.25) is 0 Å². The maximum Gasteiger partial charge on any atom is 0.319 e. The van der Waals surface area contributed by atoms with Crippen LogP contribution in [0.15, 0.2) is 32.0 Å². The van der Waals surface area contributed by atoms with Crippen LogP contribution >= 0.6 is 31.9 Å². The molecule has 0 unspecified atom stereocenters. The fraction of sp³-hybridized carbons (Fsp3) is 0.125. The number of carboxylic acid groups (broad SMARTS) is 1. The van der Waals surface area contributed by atoms with Gasteiger partial charge in [-0.15, -0.1) is 0 Å². The Balaban J connectivity index is 3.21. The molecule has 0 aliphatic rings. The standard InChI is InChI=1S/C8H6Br2O4S/c9-5-1-6(10)3-7(2-5)15(13,14)4-8(11)12/h1-3H,4H2,(H,11,12). The van der Waals surface area contributed by atoms with Crippen molar-refractivity contribution in [1.29, 1.82) is 0 Å². The molecule has 0 aliphatic heterocycles. The van der Waals surface area contributed by atoms with Crippen LogP contribution in [0.2, 0.25) is 0 Å². The van der Waals surface area contributed by atoms with Gasteiger partial charge in [0, 0.05) is 8.95 Å². The first-order valence-corrected chi connectivity index (χ1v) is 6.96. The number of sulfone groups is 1. The highest BCUT2D eigenvalue weighted by atomic mass is 79.9. The van der Waals surface area contributed by atoms with E-state index in [0.717, 1.165) is 0 Å². The van der Waals surface area contributed by atoms with Crippen molar-refractivity contribution < 1.29 is 18.3 Å². The molecule has 0 fully saturated rings. The number of hydrogen-bond acceptors (Lipinski definition) is 3. The van der Waals surface area contributed by atoms with Gasteiger partial charge in [-0.25, -0.2) is 8.42 Å². The summed E-state index contributed by atoms with van der Waals surface area (Å²) >= 11 is 6.26. The van der Waals surface area contributed by atoms with E-state index in [-0.39, 0.29) is 4.90 Å². The minimum atomic E-state index is -3.76. The number of hydrogen-bond donors (Lipinski definition) is 1. The predicted octanol–water partition coefficient (Wildman–Crippen LogP) is 2.07. The molecule has 0 bridgehead atoms. The number of halogens is 2. The quantitative estimate of drug-likeness (QED) is 0.898.